The summed E-state index contributed by atoms with van der Waals surface area (Å²) in [5, 5.41) is 0.857. The largest absolute Gasteiger partial charge is 0.444 e. The second kappa shape index (κ2) is 6.91. The van der Waals surface area contributed by atoms with E-state index in [0.29, 0.717) is 5.92 Å². The maximum absolute atomic E-state index is 12.1. The summed E-state index contributed by atoms with van der Waals surface area (Å²) in [5.41, 5.74) is 2.04. The van der Waals surface area contributed by atoms with Gasteiger partial charge in [-0.2, -0.15) is 0 Å². The van der Waals surface area contributed by atoms with Crippen molar-refractivity contribution in [2.75, 3.05) is 13.1 Å². The lowest BCUT2D eigenvalue weighted by atomic mass is 9.89. The Kier molecular flexibility index (Phi) is 5.38. The van der Waals surface area contributed by atoms with Gasteiger partial charge >= 0.3 is 6.09 Å². The lowest BCUT2D eigenvalue weighted by Gasteiger charge is -2.34. The molecule has 22 heavy (non-hydrogen) atoms. The van der Waals surface area contributed by atoms with Crippen LogP contribution in [0.3, 0.4) is 0 Å². The number of hydrogen-bond donors (Lipinski definition) is 0. The third-order valence-electron chi connectivity index (χ3n) is 4.06. The molecule has 0 radical (unpaired) electrons. The number of benzene rings is 1. The number of halogens is 1. The molecule has 0 atom stereocenters. The maximum atomic E-state index is 12.1. The van der Waals surface area contributed by atoms with Crippen LogP contribution in [0.5, 0.6) is 0 Å². The molecule has 1 fully saturated rings. The zero-order valence-electron chi connectivity index (χ0n) is 14.0. The van der Waals surface area contributed by atoms with E-state index in [1.807, 2.05) is 20.8 Å². The predicted octanol–water partition coefficient (Wildman–Crippen LogP) is 5.02. The normalized spacial score (nSPS) is 16.7. The Morgan fingerprint density at radius 3 is 2.45 bits per heavy atom. The summed E-state index contributed by atoms with van der Waals surface area (Å²) in [6.45, 7) is 9.27. The van der Waals surface area contributed by atoms with Crippen LogP contribution < -0.4 is 0 Å². The van der Waals surface area contributed by atoms with Crippen molar-refractivity contribution in [3.63, 3.8) is 0 Å². The highest BCUT2D eigenvalue weighted by Gasteiger charge is 2.28. The third-order valence-corrected chi connectivity index (χ3v) is 4.39. The predicted molar refractivity (Wildman–Crippen MR) is 90.6 cm³/mol. The summed E-state index contributed by atoms with van der Waals surface area (Å²) < 4.78 is 5.43. The average Bonchev–Trinajstić information content (AvgIpc) is 2.45. The van der Waals surface area contributed by atoms with Gasteiger partial charge in [-0.3, -0.25) is 0 Å². The van der Waals surface area contributed by atoms with E-state index in [0.717, 1.165) is 37.4 Å². The maximum Gasteiger partial charge on any atom is 0.410 e. The standard InChI is InChI=1S/C18H26ClNO2/c1-5-13-6-7-15(16(19)12-13)14-8-10-20(11-9-14)17(21)22-18(2,3)4/h6-7,12,14H,5,8-11H2,1-4H3. The number of piperidine rings is 1. The van der Waals surface area contributed by atoms with E-state index >= 15 is 0 Å². The Balaban J connectivity index is 1.96. The molecule has 4 heteroatoms. The summed E-state index contributed by atoms with van der Waals surface area (Å²) in [6.07, 6.45) is 2.66. The van der Waals surface area contributed by atoms with Crippen molar-refractivity contribution in [2.24, 2.45) is 0 Å². The second-order valence-corrected chi connectivity index (χ2v) is 7.36. The van der Waals surface area contributed by atoms with Crippen LogP contribution in [0.4, 0.5) is 4.79 Å². The van der Waals surface area contributed by atoms with Crippen molar-refractivity contribution in [3.8, 4) is 0 Å². The number of ether oxygens (including phenoxy) is 1. The fraction of sp³-hybridized carbons (Fsp3) is 0.611. The van der Waals surface area contributed by atoms with Crippen LogP contribution in [0.15, 0.2) is 18.2 Å². The highest BCUT2D eigenvalue weighted by molar-refractivity contribution is 6.31. The Labute approximate surface area is 138 Å². The van der Waals surface area contributed by atoms with E-state index in [1.54, 1.807) is 4.90 Å². The fourth-order valence-electron chi connectivity index (χ4n) is 2.82. The van der Waals surface area contributed by atoms with E-state index in [9.17, 15) is 4.79 Å². The molecule has 1 saturated heterocycles. The van der Waals surface area contributed by atoms with E-state index in [2.05, 4.69) is 25.1 Å². The minimum Gasteiger partial charge on any atom is -0.444 e. The van der Waals surface area contributed by atoms with Crippen molar-refractivity contribution >= 4 is 17.7 Å². The summed E-state index contributed by atoms with van der Waals surface area (Å²) in [6, 6.07) is 6.37. The number of aryl methyl sites for hydroxylation is 1. The molecule has 0 N–H and O–H groups in total. The molecular formula is C18H26ClNO2. The fourth-order valence-corrected chi connectivity index (χ4v) is 3.18. The highest BCUT2D eigenvalue weighted by Crippen LogP contribution is 2.33. The molecule has 1 aromatic carbocycles. The number of hydrogen-bond acceptors (Lipinski definition) is 2. The van der Waals surface area contributed by atoms with E-state index < -0.39 is 5.60 Å². The zero-order chi connectivity index (χ0) is 16.3. The van der Waals surface area contributed by atoms with E-state index in [-0.39, 0.29) is 6.09 Å². The Morgan fingerprint density at radius 2 is 1.95 bits per heavy atom. The smallest absolute Gasteiger partial charge is 0.410 e. The number of amides is 1. The van der Waals surface area contributed by atoms with Gasteiger partial charge in [-0.15, -0.1) is 0 Å². The van der Waals surface area contributed by atoms with Crippen LogP contribution in [-0.4, -0.2) is 29.7 Å². The van der Waals surface area contributed by atoms with Crippen LogP contribution in [0, 0.1) is 0 Å². The molecule has 2 rings (SSSR count). The van der Waals surface area contributed by atoms with Crippen molar-refractivity contribution in [1.82, 2.24) is 4.90 Å². The lowest BCUT2D eigenvalue weighted by Crippen LogP contribution is -2.41. The van der Waals surface area contributed by atoms with Crippen molar-refractivity contribution in [3.05, 3.63) is 34.3 Å². The zero-order valence-corrected chi connectivity index (χ0v) is 14.7. The monoisotopic (exact) mass is 323 g/mol. The van der Waals surface area contributed by atoms with Crippen LogP contribution in [-0.2, 0) is 11.2 Å². The first-order valence-corrected chi connectivity index (χ1v) is 8.44. The van der Waals surface area contributed by atoms with Gasteiger partial charge in [0.05, 0.1) is 0 Å². The van der Waals surface area contributed by atoms with Gasteiger partial charge in [0.15, 0.2) is 0 Å². The van der Waals surface area contributed by atoms with Gasteiger partial charge in [0, 0.05) is 18.1 Å². The second-order valence-electron chi connectivity index (χ2n) is 6.95. The first kappa shape index (κ1) is 17.1. The van der Waals surface area contributed by atoms with Crippen LogP contribution in [0.25, 0.3) is 0 Å². The lowest BCUT2D eigenvalue weighted by molar-refractivity contribution is 0.0205. The van der Waals surface area contributed by atoms with Crippen LogP contribution >= 0.6 is 11.6 Å². The molecule has 1 aromatic rings. The van der Waals surface area contributed by atoms with Gasteiger partial charge in [0.2, 0.25) is 0 Å². The minimum absolute atomic E-state index is 0.210. The van der Waals surface area contributed by atoms with Crippen LogP contribution in [0.2, 0.25) is 5.02 Å². The SMILES string of the molecule is CCc1ccc(C2CCN(C(=O)OC(C)(C)C)CC2)c(Cl)c1. The molecule has 3 nitrogen and oxygen atoms in total. The first-order chi connectivity index (χ1) is 10.3. The summed E-state index contributed by atoms with van der Waals surface area (Å²) in [7, 11) is 0. The Morgan fingerprint density at radius 1 is 1.32 bits per heavy atom. The molecule has 0 saturated carbocycles. The van der Waals surface area contributed by atoms with Gasteiger partial charge in [-0.05, 0) is 63.1 Å². The molecule has 1 amide bonds. The van der Waals surface area contributed by atoms with Gasteiger partial charge in [-0.1, -0.05) is 30.7 Å². The van der Waals surface area contributed by atoms with E-state index in [1.165, 1.54) is 11.1 Å². The molecular weight excluding hydrogens is 298 g/mol. The summed E-state index contributed by atoms with van der Waals surface area (Å²) in [4.78, 5) is 13.9. The van der Waals surface area contributed by atoms with Crippen molar-refractivity contribution < 1.29 is 9.53 Å². The van der Waals surface area contributed by atoms with Gasteiger partial charge in [0.25, 0.3) is 0 Å². The van der Waals surface area contributed by atoms with Gasteiger partial charge in [0.1, 0.15) is 5.60 Å². The van der Waals surface area contributed by atoms with Crippen molar-refractivity contribution in [2.45, 2.75) is 58.5 Å². The number of likely N-dealkylation sites (tertiary alicyclic amines) is 1. The molecule has 0 unspecified atom stereocenters. The molecule has 1 heterocycles. The number of nitrogens with zero attached hydrogens (tertiary/aromatic N) is 1. The topological polar surface area (TPSA) is 29.5 Å². The van der Waals surface area contributed by atoms with E-state index in [4.69, 9.17) is 16.3 Å². The third kappa shape index (κ3) is 4.39. The number of carbonyl (C=O) groups is 1. The van der Waals surface area contributed by atoms with Crippen LogP contribution in [0.1, 0.15) is 57.6 Å². The first-order valence-electron chi connectivity index (χ1n) is 8.06. The Bertz CT molecular complexity index is 528. The van der Waals surface area contributed by atoms with Gasteiger partial charge < -0.3 is 9.64 Å². The summed E-state index contributed by atoms with van der Waals surface area (Å²) >= 11 is 6.42. The van der Waals surface area contributed by atoms with Gasteiger partial charge in [-0.25, -0.2) is 4.79 Å². The quantitative estimate of drug-likeness (QED) is 0.765. The number of carbonyl (C=O) groups excluding carboxylic acids is 1. The molecule has 1 aliphatic heterocycles. The molecule has 1 aliphatic rings. The van der Waals surface area contributed by atoms with Crippen molar-refractivity contribution in [1.29, 1.82) is 0 Å². The molecule has 122 valence electrons. The Hall–Kier alpha value is -1.22. The molecule has 0 aliphatic carbocycles. The molecule has 0 spiro atoms. The highest BCUT2D eigenvalue weighted by atomic mass is 35.5. The average molecular weight is 324 g/mol. The number of rotatable bonds is 2. The molecule has 0 aromatic heterocycles. The minimum atomic E-state index is -0.437. The summed E-state index contributed by atoms with van der Waals surface area (Å²) in [5.74, 6) is 0.428. The molecule has 0 bridgehead atoms.